The first-order valence-electron chi connectivity index (χ1n) is 7.10. The summed E-state index contributed by atoms with van der Waals surface area (Å²) in [6.45, 7) is 2.10. The molecule has 3 rings (SSSR count). The van der Waals surface area contributed by atoms with Crippen molar-refractivity contribution in [2.24, 2.45) is 0 Å². The zero-order valence-corrected chi connectivity index (χ0v) is 13.4. The third-order valence-electron chi connectivity index (χ3n) is 3.40. The number of pyridine rings is 1. The van der Waals surface area contributed by atoms with Crippen LogP contribution in [0.25, 0.3) is 11.5 Å². The van der Waals surface area contributed by atoms with E-state index in [1.807, 2.05) is 13.0 Å². The number of rotatable bonds is 5. The van der Waals surface area contributed by atoms with E-state index in [2.05, 4.69) is 9.71 Å². The van der Waals surface area contributed by atoms with Gasteiger partial charge in [0.25, 0.3) is 0 Å². The minimum Gasteiger partial charge on any atom is -0.463 e. The fourth-order valence-corrected chi connectivity index (χ4v) is 3.14. The molecule has 3 aromatic rings. The molecule has 0 spiro atoms. The third-order valence-corrected chi connectivity index (χ3v) is 4.81. The molecule has 1 aromatic carbocycles. The molecule has 0 bridgehead atoms. The van der Waals surface area contributed by atoms with Gasteiger partial charge in [0.2, 0.25) is 10.0 Å². The Bertz CT molecular complexity index is 886. The third kappa shape index (κ3) is 3.67. The Hall–Kier alpha value is -2.44. The summed E-state index contributed by atoms with van der Waals surface area (Å²) in [5.41, 5.74) is 2.49. The van der Waals surface area contributed by atoms with Gasteiger partial charge in [-0.05, 0) is 48.9 Å². The Labute approximate surface area is 135 Å². The van der Waals surface area contributed by atoms with Crippen LogP contribution in [0.4, 0.5) is 0 Å². The highest BCUT2D eigenvalue weighted by atomic mass is 32.2. The number of hydrogen-bond acceptors (Lipinski definition) is 4. The van der Waals surface area contributed by atoms with Crippen LogP contribution in [0, 0.1) is 6.92 Å². The normalized spacial score (nSPS) is 11.5. The summed E-state index contributed by atoms with van der Waals surface area (Å²) in [6.07, 6.45) is 3.21. The molecule has 0 aliphatic rings. The monoisotopic (exact) mass is 328 g/mol. The van der Waals surface area contributed by atoms with Gasteiger partial charge in [-0.15, -0.1) is 0 Å². The second kappa shape index (κ2) is 6.36. The molecular weight excluding hydrogens is 312 g/mol. The van der Waals surface area contributed by atoms with Crippen LogP contribution in [0.15, 0.2) is 70.3 Å². The highest BCUT2D eigenvalue weighted by molar-refractivity contribution is 7.89. The number of aryl methyl sites for hydroxylation is 1. The average Bonchev–Trinajstić information content (AvgIpc) is 3.08. The Morgan fingerprint density at radius 1 is 1.13 bits per heavy atom. The van der Waals surface area contributed by atoms with Crippen LogP contribution in [-0.4, -0.2) is 13.4 Å². The number of nitrogens with one attached hydrogen (secondary N) is 1. The van der Waals surface area contributed by atoms with Gasteiger partial charge in [0.15, 0.2) is 5.76 Å². The quantitative estimate of drug-likeness (QED) is 0.781. The molecule has 0 fully saturated rings. The fraction of sp³-hybridized carbons (Fsp3) is 0.118. The molecule has 1 N–H and O–H groups in total. The Morgan fingerprint density at radius 3 is 2.61 bits per heavy atom. The highest BCUT2D eigenvalue weighted by Crippen LogP contribution is 2.18. The largest absolute Gasteiger partial charge is 0.463 e. The molecule has 0 amide bonds. The van der Waals surface area contributed by atoms with Crippen LogP contribution in [0.5, 0.6) is 0 Å². The second-order valence-electron chi connectivity index (χ2n) is 5.16. The molecule has 2 heterocycles. The number of aromatic nitrogens is 1. The lowest BCUT2D eigenvalue weighted by Gasteiger charge is -2.08. The van der Waals surface area contributed by atoms with E-state index < -0.39 is 10.0 Å². The van der Waals surface area contributed by atoms with Crippen molar-refractivity contribution in [2.45, 2.75) is 18.4 Å². The van der Waals surface area contributed by atoms with Crippen LogP contribution >= 0.6 is 0 Å². The van der Waals surface area contributed by atoms with Crippen LogP contribution in [-0.2, 0) is 16.6 Å². The first-order valence-corrected chi connectivity index (χ1v) is 8.58. The van der Waals surface area contributed by atoms with Gasteiger partial charge in [-0.25, -0.2) is 13.1 Å². The number of sulfonamides is 1. The van der Waals surface area contributed by atoms with E-state index in [9.17, 15) is 8.42 Å². The van der Waals surface area contributed by atoms with Gasteiger partial charge in [-0.1, -0.05) is 17.7 Å². The number of nitrogens with zero attached hydrogens (tertiary/aromatic N) is 1. The van der Waals surface area contributed by atoms with Crippen molar-refractivity contribution in [3.8, 4) is 11.5 Å². The smallest absolute Gasteiger partial charge is 0.240 e. The summed E-state index contributed by atoms with van der Waals surface area (Å²) in [4.78, 5) is 4.48. The molecule has 0 atom stereocenters. The van der Waals surface area contributed by atoms with Crippen LogP contribution < -0.4 is 4.72 Å². The predicted octanol–water partition coefficient (Wildman–Crippen LogP) is 3.13. The maximum absolute atomic E-state index is 12.3. The lowest BCUT2D eigenvalue weighted by atomic mass is 10.2. The van der Waals surface area contributed by atoms with Gasteiger partial charge >= 0.3 is 0 Å². The van der Waals surface area contributed by atoms with E-state index >= 15 is 0 Å². The zero-order chi connectivity index (χ0) is 16.3. The molecule has 0 saturated carbocycles. The van der Waals surface area contributed by atoms with Crippen molar-refractivity contribution in [1.29, 1.82) is 0 Å². The summed E-state index contributed by atoms with van der Waals surface area (Å²) in [6, 6.07) is 13.9. The average molecular weight is 328 g/mol. The maximum Gasteiger partial charge on any atom is 0.240 e. The van der Waals surface area contributed by atoms with Gasteiger partial charge in [0.05, 0.1) is 11.2 Å². The first-order chi connectivity index (χ1) is 11.0. The fourth-order valence-electron chi connectivity index (χ4n) is 2.12. The minimum atomic E-state index is -3.54. The van der Waals surface area contributed by atoms with Crippen LogP contribution in [0.3, 0.4) is 0 Å². The topological polar surface area (TPSA) is 72.2 Å². The molecule has 0 unspecified atom stereocenters. The molecule has 118 valence electrons. The Morgan fingerprint density at radius 2 is 1.91 bits per heavy atom. The standard InChI is InChI=1S/C17H16N2O3S/c1-13-4-6-15(7-5-13)23(20,21)19-12-14-8-9-18-16(11-14)17-3-2-10-22-17/h2-11,19H,12H2,1H3. The summed E-state index contributed by atoms with van der Waals surface area (Å²) < 4.78 is 32.5. The molecule has 0 aliphatic carbocycles. The first kappa shape index (κ1) is 15.5. The molecule has 23 heavy (non-hydrogen) atoms. The molecule has 0 aliphatic heterocycles. The van der Waals surface area contributed by atoms with Crippen molar-refractivity contribution in [2.75, 3.05) is 0 Å². The summed E-state index contributed by atoms with van der Waals surface area (Å²) in [7, 11) is -3.54. The van der Waals surface area contributed by atoms with Gasteiger partial charge in [-0.2, -0.15) is 0 Å². The zero-order valence-electron chi connectivity index (χ0n) is 12.6. The number of furan rings is 1. The van der Waals surface area contributed by atoms with Gasteiger partial charge < -0.3 is 4.42 Å². The Balaban J connectivity index is 1.75. The Kier molecular flexibility index (Phi) is 4.27. The lowest BCUT2D eigenvalue weighted by Crippen LogP contribution is -2.23. The SMILES string of the molecule is Cc1ccc(S(=O)(=O)NCc2ccnc(-c3ccco3)c2)cc1. The molecule has 5 nitrogen and oxygen atoms in total. The lowest BCUT2D eigenvalue weighted by molar-refractivity contribution is 0.579. The minimum absolute atomic E-state index is 0.187. The van der Waals surface area contributed by atoms with Crippen molar-refractivity contribution in [3.05, 3.63) is 72.1 Å². The molecule has 2 aromatic heterocycles. The number of benzene rings is 1. The molecule has 0 saturated heterocycles. The molecule has 0 radical (unpaired) electrons. The summed E-state index contributed by atoms with van der Waals surface area (Å²) in [5, 5.41) is 0. The van der Waals surface area contributed by atoms with E-state index in [-0.39, 0.29) is 11.4 Å². The van der Waals surface area contributed by atoms with Crippen LogP contribution in [0.2, 0.25) is 0 Å². The second-order valence-corrected chi connectivity index (χ2v) is 6.93. The van der Waals surface area contributed by atoms with E-state index in [0.29, 0.717) is 11.5 Å². The molecular formula is C17H16N2O3S. The van der Waals surface area contributed by atoms with E-state index in [4.69, 9.17) is 4.42 Å². The van der Waals surface area contributed by atoms with Crippen molar-refractivity contribution in [3.63, 3.8) is 0 Å². The van der Waals surface area contributed by atoms with Crippen molar-refractivity contribution >= 4 is 10.0 Å². The van der Waals surface area contributed by atoms with E-state index in [0.717, 1.165) is 11.1 Å². The van der Waals surface area contributed by atoms with Gasteiger partial charge in [-0.3, -0.25) is 4.98 Å². The molecule has 6 heteroatoms. The summed E-state index contributed by atoms with van der Waals surface area (Å²) >= 11 is 0. The van der Waals surface area contributed by atoms with E-state index in [1.165, 1.54) is 0 Å². The van der Waals surface area contributed by atoms with Crippen molar-refractivity contribution < 1.29 is 12.8 Å². The number of hydrogen-bond donors (Lipinski definition) is 1. The van der Waals surface area contributed by atoms with Crippen LogP contribution in [0.1, 0.15) is 11.1 Å². The summed E-state index contributed by atoms with van der Waals surface area (Å²) in [5.74, 6) is 0.647. The highest BCUT2D eigenvalue weighted by Gasteiger charge is 2.13. The maximum atomic E-state index is 12.3. The van der Waals surface area contributed by atoms with E-state index in [1.54, 1.807) is 54.9 Å². The van der Waals surface area contributed by atoms with Gasteiger partial charge in [0, 0.05) is 12.7 Å². The van der Waals surface area contributed by atoms with Gasteiger partial charge in [0.1, 0.15) is 5.69 Å². The van der Waals surface area contributed by atoms with Crippen molar-refractivity contribution in [1.82, 2.24) is 9.71 Å². The predicted molar refractivity (Wildman–Crippen MR) is 87.1 cm³/mol.